The molecule has 1 aliphatic rings. The van der Waals surface area contributed by atoms with E-state index < -0.39 is 0 Å². The molecular formula is C14H19ClN2OS. The highest BCUT2D eigenvalue weighted by molar-refractivity contribution is 7.99. The topological polar surface area (TPSA) is 32.3 Å². The molecule has 1 aliphatic heterocycles. The summed E-state index contributed by atoms with van der Waals surface area (Å²) in [7, 11) is 1.86. The average Bonchev–Trinajstić information content (AvgIpc) is 2.43. The van der Waals surface area contributed by atoms with Crippen molar-refractivity contribution in [2.75, 3.05) is 23.9 Å². The Morgan fingerprint density at radius 1 is 1.42 bits per heavy atom. The Morgan fingerprint density at radius 2 is 2.11 bits per heavy atom. The van der Waals surface area contributed by atoms with Crippen molar-refractivity contribution in [1.82, 2.24) is 4.90 Å². The van der Waals surface area contributed by atoms with Gasteiger partial charge in [-0.2, -0.15) is 11.8 Å². The summed E-state index contributed by atoms with van der Waals surface area (Å²) in [5.74, 6) is 2.26. The highest BCUT2D eigenvalue weighted by Gasteiger charge is 2.22. The minimum absolute atomic E-state index is 0.0793. The van der Waals surface area contributed by atoms with Gasteiger partial charge in [0.15, 0.2) is 0 Å². The molecule has 104 valence electrons. The first kappa shape index (κ1) is 14.5. The maximum absolute atomic E-state index is 12.2. The Labute approximate surface area is 123 Å². The SMILES string of the molecule is Cc1ccc(Cl)c(NC(=O)N(C)C2CCSCC2)c1. The molecule has 1 fully saturated rings. The zero-order valence-electron chi connectivity index (χ0n) is 11.3. The molecule has 3 nitrogen and oxygen atoms in total. The largest absolute Gasteiger partial charge is 0.325 e. The van der Waals surface area contributed by atoms with E-state index in [0.717, 1.165) is 29.9 Å². The van der Waals surface area contributed by atoms with Gasteiger partial charge in [-0.25, -0.2) is 4.79 Å². The van der Waals surface area contributed by atoms with Crippen molar-refractivity contribution < 1.29 is 4.79 Å². The third-order valence-corrected chi connectivity index (χ3v) is 4.80. The van der Waals surface area contributed by atoms with E-state index in [4.69, 9.17) is 11.6 Å². The first-order chi connectivity index (χ1) is 9.08. The van der Waals surface area contributed by atoms with Crippen LogP contribution in [0.25, 0.3) is 0 Å². The van der Waals surface area contributed by atoms with Gasteiger partial charge >= 0.3 is 6.03 Å². The number of thioether (sulfide) groups is 1. The molecule has 5 heteroatoms. The van der Waals surface area contributed by atoms with Crippen molar-refractivity contribution in [3.63, 3.8) is 0 Å². The average molecular weight is 299 g/mol. The van der Waals surface area contributed by atoms with Gasteiger partial charge in [-0.15, -0.1) is 0 Å². The highest BCUT2D eigenvalue weighted by Crippen LogP contribution is 2.25. The van der Waals surface area contributed by atoms with E-state index in [-0.39, 0.29) is 6.03 Å². The fourth-order valence-electron chi connectivity index (χ4n) is 2.18. The van der Waals surface area contributed by atoms with E-state index >= 15 is 0 Å². The Kier molecular flexibility index (Phi) is 4.99. The van der Waals surface area contributed by atoms with Gasteiger partial charge in [-0.3, -0.25) is 0 Å². The van der Waals surface area contributed by atoms with E-state index in [9.17, 15) is 4.79 Å². The monoisotopic (exact) mass is 298 g/mol. The maximum atomic E-state index is 12.2. The Hall–Kier alpha value is -0.870. The molecule has 0 bridgehead atoms. The van der Waals surface area contributed by atoms with Gasteiger partial charge in [0.25, 0.3) is 0 Å². The van der Waals surface area contributed by atoms with Crippen LogP contribution in [-0.4, -0.2) is 35.5 Å². The van der Waals surface area contributed by atoms with Crippen molar-refractivity contribution in [3.05, 3.63) is 28.8 Å². The number of halogens is 1. The molecule has 2 rings (SSSR count). The number of anilines is 1. The number of urea groups is 1. The minimum atomic E-state index is -0.0793. The fourth-order valence-corrected chi connectivity index (χ4v) is 3.42. The van der Waals surface area contributed by atoms with Crippen molar-refractivity contribution in [2.24, 2.45) is 0 Å². The number of hydrogen-bond donors (Lipinski definition) is 1. The maximum Gasteiger partial charge on any atom is 0.321 e. The van der Waals surface area contributed by atoms with Gasteiger partial charge in [0.2, 0.25) is 0 Å². The van der Waals surface area contributed by atoms with Crippen molar-refractivity contribution in [1.29, 1.82) is 0 Å². The zero-order valence-corrected chi connectivity index (χ0v) is 12.9. The first-order valence-corrected chi connectivity index (χ1v) is 7.99. The van der Waals surface area contributed by atoms with Crippen LogP contribution in [0.3, 0.4) is 0 Å². The molecule has 1 saturated heterocycles. The van der Waals surface area contributed by atoms with E-state index in [1.165, 1.54) is 0 Å². The summed E-state index contributed by atoms with van der Waals surface area (Å²) in [6.45, 7) is 1.98. The lowest BCUT2D eigenvalue weighted by molar-refractivity contribution is 0.200. The predicted molar refractivity (Wildman–Crippen MR) is 83.3 cm³/mol. The second kappa shape index (κ2) is 6.53. The third kappa shape index (κ3) is 3.80. The quantitative estimate of drug-likeness (QED) is 0.895. The molecule has 0 atom stereocenters. The normalized spacial score (nSPS) is 16.2. The molecule has 1 aromatic rings. The number of nitrogens with one attached hydrogen (secondary N) is 1. The molecule has 0 aromatic heterocycles. The van der Waals surface area contributed by atoms with Crippen molar-refractivity contribution in [3.8, 4) is 0 Å². The predicted octanol–water partition coefficient (Wildman–Crippen LogP) is 4.01. The lowest BCUT2D eigenvalue weighted by atomic mass is 10.1. The Bertz CT molecular complexity index is 461. The molecule has 0 spiro atoms. The van der Waals surface area contributed by atoms with Gasteiger partial charge in [-0.05, 0) is 49.0 Å². The Morgan fingerprint density at radius 3 is 2.79 bits per heavy atom. The summed E-state index contributed by atoms with van der Waals surface area (Å²) in [5, 5.41) is 3.47. The number of carbonyl (C=O) groups excluding carboxylic acids is 1. The third-order valence-electron chi connectivity index (χ3n) is 3.42. The summed E-state index contributed by atoms with van der Waals surface area (Å²) < 4.78 is 0. The molecule has 0 aliphatic carbocycles. The van der Waals surface area contributed by atoms with Crippen LogP contribution in [-0.2, 0) is 0 Å². The van der Waals surface area contributed by atoms with E-state index in [1.807, 2.05) is 43.9 Å². The number of amides is 2. The smallest absolute Gasteiger partial charge is 0.321 e. The van der Waals surface area contributed by atoms with Crippen molar-refractivity contribution in [2.45, 2.75) is 25.8 Å². The van der Waals surface area contributed by atoms with Crippen LogP contribution >= 0.6 is 23.4 Å². The minimum Gasteiger partial charge on any atom is -0.325 e. The molecule has 19 heavy (non-hydrogen) atoms. The number of benzene rings is 1. The lowest BCUT2D eigenvalue weighted by Crippen LogP contribution is -2.41. The fraction of sp³-hybridized carbons (Fsp3) is 0.500. The first-order valence-electron chi connectivity index (χ1n) is 6.45. The van der Waals surface area contributed by atoms with Crippen LogP contribution in [0.5, 0.6) is 0 Å². The van der Waals surface area contributed by atoms with Crippen LogP contribution in [0, 0.1) is 6.92 Å². The van der Waals surface area contributed by atoms with Crippen LogP contribution < -0.4 is 5.32 Å². The van der Waals surface area contributed by atoms with Gasteiger partial charge < -0.3 is 10.2 Å². The van der Waals surface area contributed by atoms with Gasteiger partial charge in [0.05, 0.1) is 10.7 Å². The summed E-state index contributed by atoms with van der Waals surface area (Å²) >= 11 is 8.05. The Balaban J connectivity index is 2.01. The van der Waals surface area contributed by atoms with Crippen LogP contribution in [0.15, 0.2) is 18.2 Å². The van der Waals surface area contributed by atoms with Crippen LogP contribution in [0.4, 0.5) is 10.5 Å². The number of nitrogens with zero attached hydrogens (tertiary/aromatic N) is 1. The van der Waals surface area contributed by atoms with Crippen LogP contribution in [0.1, 0.15) is 18.4 Å². The lowest BCUT2D eigenvalue weighted by Gasteiger charge is -2.31. The summed E-state index contributed by atoms with van der Waals surface area (Å²) in [5.41, 5.74) is 1.76. The molecule has 2 amide bonds. The summed E-state index contributed by atoms with van der Waals surface area (Å²) in [6.07, 6.45) is 2.13. The van der Waals surface area contributed by atoms with Crippen LogP contribution in [0.2, 0.25) is 5.02 Å². The number of carbonyl (C=O) groups is 1. The molecule has 0 saturated carbocycles. The summed E-state index contributed by atoms with van der Waals surface area (Å²) in [4.78, 5) is 14.0. The number of hydrogen-bond acceptors (Lipinski definition) is 2. The molecule has 1 N–H and O–H groups in total. The molecule has 1 aromatic carbocycles. The second-order valence-corrected chi connectivity index (χ2v) is 6.50. The standard InChI is InChI=1S/C14H19ClN2OS/c1-10-3-4-12(15)13(9-10)16-14(18)17(2)11-5-7-19-8-6-11/h3-4,9,11H,5-8H2,1-2H3,(H,16,18). The number of aryl methyl sites for hydroxylation is 1. The van der Waals surface area contributed by atoms with Crippen molar-refractivity contribution >= 4 is 35.1 Å². The highest BCUT2D eigenvalue weighted by atomic mass is 35.5. The zero-order chi connectivity index (χ0) is 13.8. The number of rotatable bonds is 2. The van der Waals surface area contributed by atoms with E-state index in [0.29, 0.717) is 16.8 Å². The van der Waals surface area contributed by atoms with Gasteiger partial charge in [0, 0.05) is 13.1 Å². The summed E-state index contributed by atoms with van der Waals surface area (Å²) in [6, 6.07) is 5.89. The van der Waals surface area contributed by atoms with E-state index in [2.05, 4.69) is 5.32 Å². The molecular weight excluding hydrogens is 280 g/mol. The molecule has 1 heterocycles. The second-order valence-electron chi connectivity index (χ2n) is 4.87. The van der Waals surface area contributed by atoms with E-state index in [1.54, 1.807) is 4.90 Å². The van der Waals surface area contributed by atoms with Gasteiger partial charge in [-0.1, -0.05) is 17.7 Å². The molecule has 0 unspecified atom stereocenters. The van der Waals surface area contributed by atoms with Gasteiger partial charge in [0.1, 0.15) is 0 Å². The molecule has 0 radical (unpaired) electrons.